The van der Waals surface area contributed by atoms with Crippen molar-refractivity contribution >= 4 is 0 Å². The van der Waals surface area contributed by atoms with Gasteiger partial charge >= 0.3 is 0 Å². The van der Waals surface area contributed by atoms with Crippen molar-refractivity contribution in [2.24, 2.45) is 5.92 Å². The summed E-state index contributed by atoms with van der Waals surface area (Å²) in [6, 6.07) is 15.0. The van der Waals surface area contributed by atoms with Crippen LogP contribution in [0.2, 0.25) is 0 Å². The van der Waals surface area contributed by atoms with Gasteiger partial charge in [0.1, 0.15) is 0 Å². The normalized spacial score (nSPS) is 23.0. The summed E-state index contributed by atoms with van der Waals surface area (Å²) < 4.78 is 2.07. The van der Waals surface area contributed by atoms with Gasteiger partial charge in [0, 0.05) is 48.4 Å². The van der Waals surface area contributed by atoms with Crippen molar-refractivity contribution in [3.63, 3.8) is 0 Å². The number of piperidine rings is 1. The lowest BCUT2D eigenvalue weighted by Crippen LogP contribution is -2.45. The van der Waals surface area contributed by atoms with Gasteiger partial charge in [0.25, 0.3) is 5.56 Å². The van der Waals surface area contributed by atoms with Gasteiger partial charge in [-0.05, 0) is 49.9 Å². The number of fused-ring (bicyclic) bond motifs is 4. The van der Waals surface area contributed by atoms with Crippen molar-refractivity contribution in [1.82, 2.24) is 14.8 Å². The molecule has 1 aromatic heterocycles. The minimum absolute atomic E-state index is 0.218. The van der Waals surface area contributed by atoms with Gasteiger partial charge in [0.2, 0.25) is 0 Å². The zero-order chi connectivity index (χ0) is 18.9. The van der Waals surface area contributed by atoms with Crippen LogP contribution in [0.5, 0.6) is 0 Å². The summed E-state index contributed by atoms with van der Waals surface area (Å²) in [6.45, 7) is 4.33. The number of hydrogen-bond acceptors (Lipinski definition) is 3. The van der Waals surface area contributed by atoms with E-state index < -0.39 is 0 Å². The molecule has 1 saturated heterocycles. The Balaban J connectivity index is 1.35. The van der Waals surface area contributed by atoms with Crippen LogP contribution in [0.4, 0.5) is 0 Å². The standard InChI is InChI=1S/C24H27N3O/c28-24-20(8-11-23-21-13-19(14-25-15-21)16-27(23)24)17-26(22-9-10-22)12-4-7-18-5-2-1-3-6-18/h1-3,5-6,8,11,19,21-22,25H,9-10,12-17H2/t19-,21+/m0/s1. The predicted octanol–water partition coefficient (Wildman–Crippen LogP) is 2.57. The van der Waals surface area contributed by atoms with Gasteiger partial charge in [-0.15, -0.1) is 0 Å². The van der Waals surface area contributed by atoms with Crippen LogP contribution in [-0.2, 0) is 13.1 Å². The van der Waals surface area contributed by atoms with E-state index in [2.05, 4.69) is 38.8 Å². The third-order valence-electron chi connectivity index (χ3n) is 6.31. The molecule has 1 aromatic carbocycles. The van der Waals surface area contributed by atoms with E-state index >= 15 is 0 Å². The largest absolute Gasteiger partial charge is 0.316 e. The van der Waals surface area contributed by atoms with Crippen molar-refractivity contribution in [2.45, 2.75) is 44.3 Å². The van der Waals surface area contributed by atoms with E-state index in [-0.39, 0.29) is 5.56 Å². The van der Waals surface area contributed by atoms with Gasteiger partial charge < -0.3 is 9.88 Å². The Kier molecular flexibility index (Phi) is 4.80. The van der Waals surface area contributed by atoms with Gasteiger partial charge in [0.15, 0.2) is 0 Å². The van der Waals surface area contributed by atoms with Crippen LogP contribution in [0.25, 0.3) is 0 Å². The van der Waals surface area contributed by atoms with E-state index in [0.717, 1.165) is 37.3 Å². The maximum absolute atomic E-state index is 13.2. The van der Waals surface area contributed by atoms with Gasteiger partial charge in [-0.3, -0.25) is 9.69 Å². The minimum Gasteiger partial charge on any atom is -0.316 e. The highest BCUT2D eigenvalue weighted by atomic mass is 16.1. The number of nitrogens with zero attached hydrogens (tertiary/aromatic N) is 2. The Bertz CT molecular complexity index is 965. The molecule has 4 nitrogen and oxygen atoms in total. The fourth-order valence-corrected chi connectivity index (χ4v) is 4.69. The molecule has 4 heteroatoms. The summed E-state index contributed by atoms with van der Waals surface area (Å²) in [5.41, 5.74) is 3.41. The summed E-state index contributed by atoms with van der Waals surface area (Å²) in [5.74, 6) is 7.65. The lowest BCUT2D eigenvalue weighted by Gasteiger charge is -2.37. The smallest absolute Gasteiger partial charge is 0.255 e. The molecule has 2 aromatic rings. The van der Waals surface area contributed by atoms with Crippen molar-refractivity contribution in [3.05, 3.63) is 69.6 Å². The van der Waals surface area contributed by atoms with Crippen LogP contribution in [0, 0.1) is 17.8 Å². The molecule has 5 rings (SSSR count). The number of rotatable bonds is 4. The Hall–Kier alpha value is -2.35. The Morgan fingerprint density at radius 3 is 2.79 bits per heavy atom. The molecule has 1 aliphatic carbocycles. The fourth-order valence-electron chi connectivity index (χ4n) is 4.69. The molecule has 3 aliphatic rings. The molecule has 1 N–H and O–H groups in total. The molecule has 2 bridgehead atoms. The Labute approximate surface area is 166 Å². The average Bonchev–Trinajstić information content (AvgIpc) is 3.56. The van der Waals surface area contributed by atoms with Crippen molar-refractivity contribution in [1.29, 1.82) is 0 Å². The quantitative estimate of drug-likeness (QED) is 0.837. The molecule has 2 atom stereocenters. The van der Waals surface area contributed by atoms with Gasteiger partial charge in [0.05, 0.1) is 6.54 Å². The van der Waals surface area contributed by atoms with Gasteiger partial charge in [-0.1, -0.05) is 36.1 Å². The summed E-state index contributed by atoms with van der Waals surface area (Å²) in [7, 11) is 0. The van der Waals surface area contributed by atoms with Crippen molar-refractivity contribution < 1.29 is 0 Å². The molecule has 0 unspecified atom stereocenters. The number of benzene rings is 1. The summed E-state index contributed by atoms with van der Waals surface area (Å²) in [6.07, 6.45) is 3.65. The van der Waals surface area contributed by atoms with Crippen LogP contribution < -0.4 is 10.9 Å². The van der Waals surface area contributed by atoms with Crippen molar-refractivity contribution in [3.8, 4) is 11.8 Å². The van der Waals surface area contributed by atoms with E-state index in [0.29, 0.717) is 24.4 Å². The first-order valence-electron chi connectivity index (χ1n) is 10.5. The maximum Gasteiger partial charge on any atom is 0.255 e. The number of nitrogens with one attached hydrogen (secondary N) is 1. The first-order valence-corrected chi connectivity index (χ1v) is 10.5. The highest BCUT2D eigenvalue weighted by Gasteiger charge is 2.32. The Morgan fingerprint density at radius 2 is 1.96 bits per heavy atom. The lowest BCUT2D eigenvalue weighted by molar-refractivity contribution is 0.252. The summed E-state index contributed by atoms with van der Waals surface area (Å²) in [5, 5.41) is 3.51. The molecule has 144 valence electrons. The fraction of sp³-hybridized carbons (Fsp3) is 0.458. The van der Waals surface area contributed by atoms with Crippen LogP contribution >= 0.6 is 0 Å². The second-order valence-corrected chi connectivity index (χ2v) is 8.46. The maximum atomic E-state index is 13.2. The van der Waals surface area contributed by atoms with E-state index in [1.165, 1.54) is 25.0 Å². The molecule has 28 heavy (non-hydrogen) atoms. The first kappa shape index (κ1) is 17.7. The van der Waals surface area contributed by atoms with Crippen LogP contribution in [-0.4, -0.2) is 35.1 Å². The average molecular weight is 374 g/mol. The second kappa shape index (κ2) is 7.58. The highest BCUT2D eigenvalue weighted by Crippen LogP contribution is 2.32. The van der Waals surface area contributed by atoms with E-state index in [4.69, 9.17) is 0 Å². The topological polar surface area (TPSA) is 37.3 Å². The zero-order valence-corrected chi connectivity index (χ0v) is 16.2. The van der Waals surface area contributed by atoms with Crippen LogP contribution in [0.15, 0.2) is 47.3 Å². The first-order chi connectivity index (χ1) is 13.8. The van der Waals surface area contributed by atoms with Crippen LogP contribution in [0.3, 0.4) is 0 Å². The SMILES string of the molecule is O=c1c(CN(CC#Cc2ccccc2)C2CC2)ccc2n1C[C@@H]1CNC[C@H]2C1. The zero-order valence-electron chi connectivity index (χ0n) is 16.2. The molecular weight excluding hydrogens is 346 g/mol. The van der Waals surface area contributed by atoms with Crippen molar-refractivity contribution in [2.75, 3.05) is 19.6 Å². The molecule has 0 amide bonds. The highest BCUT2D eigenvalue weighted by molar-refractivity contribution is 5.34. The summed E-state index contributed by atoms with van der Waals surface area (Å²) >= 11 is 0. The monoisotopic (exact) mass is 373 g/mol. The number of aromatic nitrogens is 1. The second-order valence-electron chi connectivity index (χ2n) is 8.46. The molecule has 2 aliphatic heterocycles. The third kappa shape index (κ3) is 3.65. The minimum atomic E-state index is 0.218. The Morgan fingerprint density at radius 1 is 1.11 bits per heavy atom. The third-order valence-corrected chi connectivity index (χ3v) is 6.31. The predicted molar refractivity (Wildman–Crippen MR) is 111 cm³/mol. The lowest BCUT2D eigenvalue weighted by atomic mass is 9.84. The van der Waals surface area contributed by atoms with E-state index in [1.807, 2.05) is 30.3 Å². The van der Waals surface area contributed by atoms with Gasteiger partial charge in [-0.25, -0.2) is 0 Å². The molecule has 3 heterocycles. The number of hydrogen-bond donors (Lipinski definition) is 1. The van der Waals surface area contributed by atoms with Gasteiger partial charge in [-0.2, -0.15) is 0 Å². The molecule has 2 fully saturated rings. The molecular formula is C24H27N3O. The number of pyridine rings is 1. The molecule has 0 radical (unpaired) electrons. The summed E-state index contributed by atoms with van der Waals surface area (Å²) in [4.78, 5) is 15.6. The molecule has 0 spiro atoms. The molecule has 1 saturated carbocycles. The van der Waals surface area contributed by atoms with Crippen LogP contribution in [0.1, 0.15) is 42.0 Å². The van der Waals surface area contributed by atoms with E-state index in [9.17, 15) is 4.79 Å². The van der Waals surface area contributed by atoms with E-state index in [1.54, 1.807) is 0 Å².